The number of anilines is 2. The lowest BCUT2D eigenvalue weighted by molar-refractivity contribution is -0.137. The molecular formula is C24H20ClF4N5. The van der Waals surface area contributed by atoms with Gasteiger partial charge in [0.15, 0.2) is 0 Å². The van der Waals surface area contributed by atoms with E-state index in [1.165, 1.54) is 18.2 Å². The topological polar surface area (TPSA) is 48.1 Å². The molecule has 4 aromatic rings. The van der Waals surface area contributed by atoms with E-state index in [4.69, 9.17) is 11.6 Å². The van der Waals surface area contributed by atoms with Crippen LogP contribution in [0, 0.1) is 5.82 Å². The molecule has 176 valence electrons. The van der Waals surface area contributed by atoms with Gasteiger partial charge in [-0.05, 0) is 48.9 Å². The van der Waals surface area contributed by atoms with Crippen LogP contribution in [0.25, 0.3) is 22.2 Å². The van der Waals surface area contributed by atoms with E-state index in [0.717, 1.165) is 12.1 Å². The van der Waals surface area contributed by atoms with Crippen molar-refractivity contribution in [2.75, 3.05) is 29.4 Å². The molecule has 0 saturated carbocycles. The molecule has 0 radical (unpaired) electrons. The van der Waals surface area contributed by atoms with Crippen LogP contribution < -0.4 is 9.80 Å². The second kappa shape index (κ2) is 8.47. The van der Waals surface area contributed by atoms with Crippen LogP contribution in [-0.2, 0) is 6.18 Å². The molecule has 5 rings (SSSR count). The van der Waals surface area contributed by atoms with E-state index in [9.17, 15) is 17.6 Å². The largest absolute Gasteiger partial charge is 0.416 e. The number of pyridine rings is 1. The monoisotopic (exact) mass is 489 g/mol. The highest BCUT2D eigenvalue weighted by atomic mass is 35.5. The highest BCUT2D eigenvalue weighted by molar-refractivity contribution is 6.32. The highest BCUT2D eigenvalue weighted by Crippen LogP contribution is 2.38. The predicted molar refractivity (Wildman–Crippen MR) is 125 cm³/mol. The predicted octanol–water partition coefficient (Wildman–Crippen LogP) is 6.15. The summed E-state index contributed by atoms with van der Waals surface area (Å²) >= 11 is 6.30. The van der Waals surface area contributed by atoms with Gasteiger partial charge in [-0.2, -0.15) is 13.2 Å². The van der Waals surface area contributed by atoms with E-state index in [1.807, 2.05) is 11.8 Å². The molecule has 0 unspecified atom stereocenters. The lowest BCUT2D eigenvalue weighted by Crippen LogP contribution is -2.52. The maximum absolute atomic E-state index is 13.9. The molecule has 1 N–H and O–H groups in total. The molecule has 0 aliphatic carbocycles. The van der Waals surface area contributed by atoms with Crippen molar-refractivity contribution >= 4 is 34.4 Å². The minimum atomic E-state index is -4.56. The Morgan fingerprint density at radius 2 is 1.91 bits per heavy atom. The molecule has 2 aromatic heterocycles. The standard InChI is InChI=1S/C24H20ClF4N5/c1-14-13-33(22-19(25)6-3-7-30-22)8-9-34(14)23-31-20-12-16(24(27,28)29)11-18(21(20)32-23)15-4-2-5-17(26)10-15/h2-7,10-12,14H,8-9,13H2,1H3,(H,31,32)/t14-/m1/s1. The zero-order valence-electron chi connectivity index (χ0n) is 18.1. The van der Waals surface area contributed by atoms with Gasteiger partial charge in [0, 0.05) is 37.4 Å². The summed E-state index contributed by atoms with van der Waals surface area (Å²) in [7, 11) is 0. The highest BCUT2D eigenvalue weighted by Gasteiger charge is 2.33. The van der Waals surface area contributed by atoms with E-state index in [1.54, 1.807) is 24.4 Å². The van der Waals surface area contributed by atoms with E-state index in [-0.39, 0.29) is 17.1 Å². The number of hydrogen-bond donors (Lipinski definition) is 1. The molecule has 34 heavy (non-hydrogen) atoms. The Morgan fingerprint density at radius 3 is 2.62 bits per heavy atom. The molecular weight excluding hydrogens is 470 g/mol. The zero-order valence-corrected chi connectivity index (χ0v) is 18.8. The molecule has 3 heterocycles. The number of H-pyrrole nitrogens is 1. The van der Waals surface area contributed by atoms with Crippen molar-refractivity contribution in [1.29, 1.82) is 0 Å². The molecule has 0 amide bonds. The molecule has 2 aromatic carbocycles. The minimum absolute atomic E-state index is 0.0212. The van der Waals surface area contributed by atoms with E-state index in [0.29, 0.717) is 47.5 Å². The van der Waals surface area contributed by atoms with Crippen LogP contribution in [0.5, 0.6) is 0 Å². The Morgan fingerprint density at radius 1 is 1.09 bits per heavy atom. The molecule has 10 heteroatoms. The smallest absolute Gasteiger partial charge is 0.352 e. The number of imidazole rings is 1. The van der Waals surface area contributed by atoms with Crippen LogP contribution in [-0.4, -0.2) is 40.6 Å². The molecule has 1 aliphatic rings. The number of aromatic amines is 1. The maximum atomic E-state index is 13.9. The first-order valence-electron chi connectivity index (χ1n) is 10.7. The van der Waals surface area contributed by atoms with Gasteiger partial charge in [-0.25, -0.2) is 14.4 Å². The molecule has 0 bridgehead atoms. The fraction of sp³-hybridized carbons (Fsp3) is 0.250. The number of alkyl halides is 3. The first kappa shape index (κ1) is 22.5. The third-order valence-electron chi connectivity index (χ3n) is 5.98. The van der Waals surface area contributed by atoms with Crippen LogP contribution in [0.15, 0.2) is 54.7 Å². The summed E-state index contributed by atoms with van der Waals surface area (Å²) in [6.07, 6.45) is -2.88. The SMILES string of the molecule is C[C@@H]1CN(c2ncccc2Cl)CCN1c1nc2cc(C(F)(F)F)cc(-c3cccc(F)c3)c2[nH]1. The first-order valence-corrected chi connectivity index (χ1v) is 11.1. The molecule has 0 spiro atoms. The molecule has 5 nitrogen and oxygen atoms in total. The maximum Gasteiger partial charge on any atom is 0.416 e. The van der Waals surface area contributed by atoms with Gasteiger partial charge in [0.1, 0.15) is 11.6 Å². The van der Waals surface area contributed by atoms with Crippen molar-refractivity contribution in [2.24, 2.45) is 0 Å². The second-order valence-electron chi connectivity index (χ2n) is 8.28. The zero-order chi connectivity index (χ0) is 24.0. The normalized spacial score (nSPS) is 16.9. The fourth-order valence-electron chi connectivity index (χ4n) is 4.36. The van der Waals surface area contributed by atoms with E-state index < -0.39 is 17.6 Å². The summed E-state index contributed by atoms with van der Waals surface area (Å²) in [5.41, 5.74) is 0.353. The second-order valence-corrected chi connectivity index (χ2v) is 8.69. The van der Waals surface area contributed by atoms with Crippen molar-refractivity contribution in [2.45, 2.75) is 19.1 Å². The van der Waals surface area contributed by atoms with Crippen molar-refractivity contribution < 1.29 is 17.6 Å². The van der Waals surface area contributed by atoms with Gasteiger partial charge in [0.25, 0.3) is 0 Å². The third kappa shape index (κ3) is 4.16. The Balaban J connectivity index is 1.53. The number of nitrogens with zero attached hydrogens (tertiary/aromatic N) is 4. The minimum Gasteiger partial charge on any atom is -0.352 e. The van der Waals surface area contributed by atoms with E-state index in [2.05, 4.69) is 19.9 Å². The molecule has 1 saturated heterocycles. The third-order valence-corrected chi connectivity index (χ3v) is 6.28. The number of rotatable bonds is 3. The van der Waals surface area contributed by atoms with Crippen LogP contribution >= 0.6 is 11.6 Å². The van der Waals surface area contributed by atoms with Crippen molar-refractivity contribution in [1.82, 2.24) is 15.0 Å². The summed E-state index contributed by atoms with van der Waals surface area (Å²) in [4.78, 5) is 16.1. The first-order chi connectivity index (χ1) is 16.2. The Kier molecular flexibility index (Phi) is 5.59. The quantitative estimate of drug-likeness (QED) is 0.351. The van der Waals surface area contributed by atoms with Gasteiger partial charge < -0.3 is 14.8 Å². The van der Waals surface area contributed by atoms with Crippen LogP contribution in [0.4, 0.5) is 29.3 Å². The number of fused-ring (bicyclic) bond motifs is 1. The fourth-order valence-corrected chi connectivity index (χ4v) is 4.60. The number of halogens is 5. The average Bonchev–Trinajstić information content (AvgIpc) is 3.22. The number of aromatic nitrogens is 3. The summed E-state index contributed by atoms with van der Waals surface area (Å²) in [5, 5.41) is 0.561. The van der Waals surface area contributed by atoms with Crippen LogP contribution in [0.1, 0.15) is 12.5 Å². The van der Waals surface area contributed by atoms with Gasteiger partial charge >= 0.3 is 6.18 Å². The van der Waals surface area contributed by atoms with Crippen molar-refractivity contribution in [3.05, 3.63) is 71.1 Å². The van der Waals surface area contributed by atoms with Crippen molar-refractivity contribution in [3.63, 3.8) is 0 Å². The van der Waals surface area contributed by atoms with Crippen molar-refractivity contribution in [3.8, 4) is 11.1 Å². The molecule has 1 atom stereocenters. The summed E-state index contributed by atoms with van der Waals surface area (Å²) in [6.45, 7) is 3.79. The Bertz CT molecular complexity index is 1350. The summed E-state index contributed by atoms with van der Waals surface area (Å²) in [6, 6.07) is 11.1. The van der Waals surface area contributed by atoms with Gasteiger partial charge in [-0.1, -0.05) is 23.7 Å². The van der Waals surface area contributed by atoms with Crippen LogP contribution in [0.2, 0.25) is 5.02 Å². The number of hydrogen-bond acceptors (Lipinski definition) is 4. The molecule has 1 fully saturated rings. The van der Waals surface area contributed by atoms with Gasteiger partial charge in [-0.15, -0.1) is 0 Å². The average molecular weight is 490 g/mol. The summed E-state index contributed by atoms with van der Waals surface area (Å²) in [5.74, 6) is 0.635. The van der Waals surface area contributed by atoms with Gasteiger partial charge in [0.05, 0.1) is 21.6 Å². The summed E-state index contributed by atoms with van der Waals surface area (Å²) < 4.78 is 54.7. The lowest BCUT2D eigenvalue weighted by Gasteiger charge is -2.40. The van der Waals surface area contributed by atoms with E-state index >= 15 is 0 Å². The number of benzene rings is 2. The molecule has 1 aliphatic heterocycles. The Hall–Kier alpha value is -3.33. The number of piperazine rings is 1. The van der Waals surface area contributed by atoms with Gasteiger partial charge in [-0.3, -0.25) is 0 Å². The van der Waals surface area contributed by atoms with Crippen LogP contribution in [0.3, 0.4) is 0 Å². The number of nitrogens with one attached hydrogen (secondary N) is 1. The lowest BCUT2D eigenvalue weighted by atomic mass is 10.0. The van der Waals surface area contributed by atoms with Gasteiger partial charge in [0.2, 0.25) is 5.95 Å². The Labute approximate surface area is 198 Å².